The summed E-state index contributed by atoms with van der Waals surface area (Å²) in [5, 5.41) is -0.234. The number of ether oxygens (including phenoxy) is 1. The van der Waals surface area contributed by atoms with Gasteiger partial charge in [0.25, 0.3) is 0 Å². The molecule has 2 fully saturated rings. The van der Waals surface area contributed by atoms with Gasteiger partial charge in [0.15, 0.2) is 9.84 Å². The maximum absolute atomic E-state index is 12.4. The third-order valence-corrected chi connectivity index (χ3v) is 7.07. The zero-order chi connectivity index (χ0) is 15.9. The van der Waals surface area contributed by atoms with Crippen LogP contribution in [0.1, 0.15) is 5.56 Å². The molecule has 2 aliphatic rings. The smallest absolute Gasteiger partial charge is 0.217 e. The van der Waals surface area contributed by atoms with Crippen LogP contribution in [0, 0.1) is 5.92 Å². The summed E-state index contributed by atoms with van der Waals surface area (Å²) in [5.41, 5.74) is 1.00. The highest BCUT2D eigenvalue weighted by atomic mass is 32.2. The molecule has 0 spiro atoms. The summed E-state index contributed by atoms with van der Waals surface area (Å²) >= 11 is 0. The minimum Gasteiger partial charge on any atom is -0.481 e. The number of nitrogens with zero attached hydrogens (tertiary/aromatic N) is 3. The summed E-state index contributed by atoms with van der Waals surface area (Å²) in [5.74, 6) is 1.11. The van der Waals surface area contributed by atoms with Crippen LogP contribution in [-0.2, 0) is 16.4 Å². The molecular formula is C15H23N3O3S. The molecule has 0 saturated carbocycles. The molecule has 1 aromatic rings. The first-order valence-corrected chi connectivity index (χ1v) is 9.22. The normalized spacial score (nSPS) is 30.6. The zero-order valence-electron chi connectivity index (χ0n) is 13.3. The van der Waals surface area contributed by atoms with Gasteiger partial charge in [-0.2, -0.15) is 0 Å². The standard InChI is InChI=1S/C15H23N3O3S/c1-17(2)13-10-22(19,20)14-9-18(8-12(13)14)7-11-5-4-6-16-15(11)21-3/h4-6,12-14H,7-10H2,1-3H3/t12-,13+,14-/m0/s1. The number of sulfone groups is 1. The molecule has 22 heavy (non-hydrogen) atoms. The van der Waals surface area contributed by atoms with E-state index in [1.165, 1.54) is 0 Å². The first-order valence-electron chi connectivity index (χ1n) is 7.50. The van der Waals surface area contributed by atoms with Crippen molar-refractivity contribution >= 4 is 9.84 Å². The Morgan fingerprint density at radius 1 is 1.41 bits per heavy atom. The molecular weight excluding hydrogens is 302 g/mol. The summed E-state index contributed by atoms with van der Waals surface area (Å²) in [6, 6.07) is 3.99. The van der Waals surface area contributed by atoms with Crippen LogP contribution in [0.2, 0.25) is 0 Å². The first-order chi connectivity index (χ1) is 10.4. The van der Waals surface area contributed by atoms with Crippen molar-refractivity contribution in [1.82, 2.24) is 14.8 Å². The molecule has 3 rings (SSSR count). The van der Waals surface area contributed by atoms with E-state index in [0.29, 0.717) is 24.7 Å². The van der Waals surface area contributed by atoms with Gasteiger partial charge in [-0.05, 0) is 20.2 Å². The fraction of sp³-hybridized carbons (Fsp3) is 0.667. The van der Waals surface area contributed by atoms with Gasteiger partial charge in [-0.1, -0.05) is 6.07 Å². The van der Waals surface area contributed by atoms with Crippen LogP contribution in [0.5, 0.6) is 5.88 Å². The number of likely N-dealkylation sites (tertiary alicyclic amines) is 1. The molecule has 3 heterocycles. The molecule has 0 bridgehead atoms. The van der Waals surface area contributed by atoms with Gasteiger partial charge in [0.2, 0.25) is 5.88 Å². The molecule has 0 aromatic carbocycles. The number of hydrogen-bond acceptors (Lipinski definition) is 6. The Labute approximate surface area is 132 Å². The van der Waals surface area contributed by atoms with Crippen LogP contribution in [0.15, 0.2) is 18.3 Å². The highest BCUT2D eigenvalue weighted by Crippen LogP contribution is 2.36. The Morgan fingerprint density at radius 3 is 2.86 bits per heavy atom. The fourth-order valence-corrected chi connectivity index (χ4v) is 6.25. The van der Waals surface area contributed by atoms with Crippen LogP contribution in [0.25, 0.3) is 0 Å². The van der Waals surface area contributed by atoms with Crippen molar-refractivity contribution in [3.05, 3.63) is 23.9 Å². The van der Waals surface area contributed by atoms with Gasteiger partial charge in [-0.25, -0.2) is 13.4 Å². The molecule has 3 atom stereocenters. The monoisotopic (exact) mass is 325 g/mol. The molecule has 2 saturated heterocycles. The van der Waals surface area contributed by atoms with Crippen LogP contribution < -0.4 is 4.74 Å². The molecule has 0 radical (unpaired) electrons. The second-order valence-corrected chi connectivity index (χ2v) is 8.69. The van der Waals surface area contributed by atoms with Gasteiger partial charge in [0.05, 0.1) is 18.1 Å². The van der Waals surface area contributed by atoms with Crippen LogP contribution in [0.3, 0.4) is 0 Å². The van der Waals surface area contributed by atoms with Crippen molar-refractivity contribution in [1.29, 1.82) is 0 Å². The van der Waals surface area contributed by atoms with E-state index in [9.17, 15) is 8.42 Å². The number of methoxy groups -OCH3 is 1. The predicted molar refractivity (Wildman–Crippen MR) is 84.6 cm³/mol. The Kier molecular flexibility index (Phi) is 4.13. The third kappa shape index (κ3) is 2.73. The van der Waals surface area contributed by atoms with E-state index >= 15 is 0 Å². The number of pyridine rings is 1. The van der Waals surface area contributed by atoms with Crippen molar-refractivity contribution in [2.75, 3.05) is 40.0 Å². The maximum atomic E-state index is 12.4. The fourth-order valence-electron chi connectivity index (χ4n) is 3.74. The van der Waals surface area contributed by atoms with E-state index in [1.54, 1.807) is 13.3 Å². The Morgan fingerprint density at radius 2 is 2.18 bits per heavy atom. The van der Waals surface area contributed by atoms with E-state index in [-0.39, 0.29) is 17.2 Å². The van der Waals surface area contributed by atoms with Gasteiger partial charge in [0, 0.05) is 43.4 Å². The predicted octanol–water partition coefficient (Wildman–Crippen LogP) is 0.249. The lowest BCUT2D eigenvalue weighted by Gasteiger charge is -2.25. The minimum absolute atomic E-state index is 0.121. The number of rotatable bonds is 4. The molecule has 7 heteroatoms. The van der Waals surface area contributed by atoms with Gasteiger partial charge >= 0.3 is 0 Å². The Hall–Kier alpha value is -1.18. The lowest BCUT2D eigenvalue weighted by Crippen LogP contribution is -2.37. The number of aromatic nitrogens is 1. The SMILES string of the molecule is COc1ncccc1CN1C[C@H]2[C@H](N(C)C)CS(=O)(=O)[C@H]2C1. The summed E-state index contributed by atoms with van der Waals surface area (Å²) < 4.78 is 30.1. The first kappa shape index (κ1) is 15.7. The van der Waals surface area contributed by atoms with Crippen LogP contribution >= 0.6 is 0 Å². The van der Waals surface area contributed by atoms with Gasteiger partial charge in [-0.3, -0.25) is 4.90 Å². The average Bonchev–Trinajstić information content (AvgIpc) is 2.99. The second-order valence-electron chi connectivity index (χ2n) is 6.43. The molecule has 0 unspecified atom stereocenters. The van der Waals surface area contributed by atoms with Gasteiger partial charge in [0.1, 0.15) is 0 Å². The molecule has 6 nitrogen and oxygen atoms in total. The molecule has 0 amide bonds. The molecule has 1 aromatic heterocycles. The molecule has 0 N–H and O–H groups in total. The van der Waals surface area contributed by atoms with Gasteiger partial charge < -0.3 is 9.64 Å². The summed E-state index contributed by atoms with van der Waals surface area (Å²) in [7, 11) is 2.55. The van der Waals surface area contributed by atoms with E-state index in [4.69, 9.17) is 4.74 Å². The average molecular weight is 325 g/mol. The maximum Gasteiger partial charge on any atom is 0.217 e. The topological polar surface area (TPSA) is 62.7 Å². The number of hydrogen-bond donors (Lipinski definition) is 0. The van der Waals surface area contributed by atoms with Crippen molar-refractivity contribution in [2.24, 2.45) is 5.92 Å². The second kappa shape index (κ2) is 5.79. The van der Waals surface area contributed by atoms with Crippen molar-refractivity contribution in [3.63, 3.8) is 0 Å². The van der Waals surface area contributed by atoms with E-state index in [1.807, 2.05) is 26.2 Å². The highest BCUT2D eigenvalue weighted by Gasteiger charge is 2.52. The molecule has 2 aliphatic heterocycles. The zero-order valence-corrected chi connectivity index (χ0v) is 14.1. The molecule has 122 valence electrons. The summed E-state index contributed by atoms with van der Waals surface area (Å²) in [4.78, 5) is 8.47. The molecule has 0 aliphatic carbocycles. The van der Waals surface area contributed by atoms with Gasteiger partial charge in [-0.15, -0.1) is 0 Å². The van der Waals surface area contributed by atoms with Crippen molar-refractivity contribution in [3.8, 4) is 5.88 Å². The van der Waals surface area contributed by atoms with E-state index in [0.717, 1.165) is 12.1 Å². The quantitative estimate of drug-likeness (QED) is 0.791. The summed E-state index contributed by atoms with van der Waals surface area (Å²) in [6.45, 7) is 2.10. The Balaban J connectivity index is 1.77. The number of fused-ring (bicyclic) bond motifs is 1. The Bertz CT molecular complexity index is 647. The highest BCUT2D eigenvalue weighted by molar-refractivity contribution is 7.92. The van der Waals surface area contributed by atoms with Crippen LogP contribution in [0.4, 0.5) is 0 Å². The lowest BCUT2D eigenvalue weighted by molar-refractivity contribution is 0.228. The third-order valence-electron chi connectivity index (χ3n) is 4.84. The van der Waals surface area contributed by atoms with Crippen molar-refractivity contribution < 1.29 is 13.2 Å². The van der Waals surface area contributed by atoms with E-state index in [2.05, 4.69) is 14.8 Å². The van der Waals surface area contributed by atoms with E-state index < -0.39 is 9.84 Å². The van der Waals surface area contributed by atoms with Crippen molar-refractivity contribution in [2.45, 2.75) is 17.8 Å². The largest absolute Gasteiger partial charge is 0.481 e. The van der Waals surface area contributed by atoms with Crippen LogP contribution in [-0.4, -0.2) is 74.5 Å². The summed E-state index contributed by atoms with van der Waals surface area (Å²) in [6.07, 6.45) is 1.70. The lowest BCUT2D eigenvalue weighted by atomic mass is 10.00. The minimum atomic E-state index is -2.99.